The molecule has 1 aromatic carbocycles. The fraction of sp³-hybridized carbons (Fsp3) is 0.625. The van der Waals surface area contributed by atoms with Gasteiger partial charge in [-0.05, 0) is 17.4 Å². The first-order valence-electron chi connectivity index (χ1n) is 7.03. The molecule has 3 atom stereocenters. The van der Waals surface area contributed by atoms with Crippen molar-refractivity contribution in [3.05, 3.63) is 35.9 Å². The van der Waals surface area contributed by atoms with Gasteiger partial charge >= 0.3 is 0 Å². The van der Waals surface area contributed by atoms with E-state index in [0.29, 0.717) is 6.54 Å². The molecule has 0 bridgehead atoms. The van der Waals surface area contributed by atoms with Crippen LogP contribution in [-0.4, -0.2) is 31.1 Å². The van der Waals surface area contributed by atoms with Crippen LogP contribution in [-0.2, 0) is 5.41 Å². The number of likely N-dealkylation sites (tertiary alicyclic amines) is 1. The van der Waals surface area contributed by atoms with Gasteiger partial charge in [0.25, 0.3) is 0 Å². The van der Waals surface area contributed by atoms with Crippen molar-refractivity contribution < 1.29 is 0 Å². The average molecular weight is 246 g/mol. The zero-order valence-corrected chi connectivity index (χ0v) is 11.9. The Kier molecular flexibility index (Phi) is 4.08. The average Bonchev–Trinajstić information content (AvgIpc) is 2.69. The van der Waals surface area contributed by atoms with Gasteiger partial charge in [0.2, 0.25) is 0 Å². The van der Waals surface area contributed by atoms with Gasteiger partial charge in [-0.25, -0.2) is 0 Å². The predicted molar refractivity (Wildman–Crippen MR) is 77.6 cm³/mol. The van der Waals surface area contributed by atoms with Crippen molar-refractivity contribution in [3.63, 3.8) is 0 Å². The second kappa shape index (κ2) is 5.41. The molecule has 18 heavy (non-hydrogen) atoms. The molecular formula is C16H26N2. The topological polar surface area (TPSA) is 29.3 Å². The SMILES string of the molecule is CC1CN(CC(C)(CN)c2ccccc2)CC1C. The second-order valence-corrected chi connectivity index (χ2v) is 6.28. The van der Waals surface area contributed by atoms with Crippen LogP contribution in [0.3, 0.4) is 0 Å². The van der Waals surface area contributed by atoms with Crippen LogP contribution in [0.2, 0.25) is 0 Å². The summed E-state index contributed by atoms with van der Waals surface area (Å²) in [5, 5.41) is 0. The molecule has 2 heteroatoms. The Morgan fingerprint density at radius 1 is 1.17 bits per heavy atom. The zero-order valence-electron chi connectivity index (χ0n) is 11.9. The molecule has 1 aromatic rings. The van der Waals surface area contributed by atoms with Crippen LogP contribution in [0, 0.1) is 11.8 Å². The first-order valence-corrected chi connectivity index (χ1v) is 7.03. The van der Waals surface area contributed by atoms with Gasteiger partial charge in [-0.1, -0.05) is 51.1 Å². The fourth-order valence-electron chi connectivity index (χ4n) is 2.99. The molecule has 0 spiro atoms. The molecular weight excluding hydrogens is 220 g/mol. The molecule has 1 aliphatic heterocycles. The highest BCUT2D eigenvalue weighted by Crippen LogP contribution is 2.28. The molecule has 0 aliphatic carbocycles. The van der Waals surface area contributed by atoms with Crippen molar-refractivity contribution in [1.82, 2.24) is 4.90 Å². The zero-order chi connectivity index (χ0) is 13.2. The van der Waals surface area contributed by atoms with E-state index < -0.39 is 0 Å². The maximum Gasteiger partial charge on any atom is 0.0174 e. The van der Waals surface area contributed by atoms with Crippen LogP contribution >= 0.6 is 0 Å². The highest BCUT2D eigenvalue weighted by molar-refractivity contribution is 5.25. The van der Waals surface area contributed by atoms with Gasteiger partial charge in [0.1, 0.15) is 0 Å². The molecule has 2 N–H and O–H groups in total. The maximum absolute atomic E-state index is 6.06. The summed E-state index contributed by atoms with van der Waals surface area (Å²) in [5.41, 5.74) is 7.50. The highest BCUT2D eigenvalue weighted by atomic mass is 15.2. The van der Waals surface area contributed by atoms with Gasteiger partial charge in [0, 0.05) is 31.6 Å². The molecule has 2 rings (SSSR count). The minimum absolute atomic E-state index is 0.0744. The number of rotatable bonds is 4. The Bertz CT molecular complexity index is 366. The first kappa shape index (κ1) is 13.6. The highest BCUT2D eigenvalue weighted by Gasteiger charge is 2.33. The van der Waals surface area contributed by atoms with E-state index in [1.165, 1.54) is 18.7 Å². The standard InChI is InChI=1S/C16H26N2/c1-13-9-18(10-14(13)2)12-16(3,11-17)15-7-5-4-6-8-15/h4-8,13-14H,9-12,17H2,1-3H3. The molecule has 0 aromatic heterocycles. The lowest BCUT2D eigenvalue weighted by Crippen LogP contribution is -2.43. The van der Waals surface area contributed by atoms with Crippen molar-refractivity contribution in [2.24, 2.45) is 17.6 Å². The van der Waals surface area contributed by atoms with Crippen molar-refractivity contribution in [2.45, 2.75) is 26.2 Å². The van der Waals surface area contributed by atoms with E-state index in [1.54, 1.807) is 0 Å². The quantitative estimate of drug-likeness (QED) is 0.884. The van der Waals surface area contributed by atoms with Crippen LogP contribution in [0.4, 0.5) is 0 Å². The summed E-state index contributed by atoms with van der Waals surface area (Å²) in [7, 11) is 0. The summed E-state index contributed by atoms with van der Waals surface area (Å²) in [5.74, 6) is 1.62. The fourth-order valence-corrected chi connectivity index (χ4v) is 2.99. The summed E-state index contributed by atoms with van der Waals surface area (Å²) in [6.07, 6.45) is 0. The predicted octanol–water partition coefficient (Wildman–Crippen LogP) is 2.49. The van der Waals surface area contributed by atoms with Gasteiger partial charge in [0.05, 0.1) is 0 Å². The van der Waals surface area contributed by atoms with Crippen LogP contribution < -0.4 is 5.73 Å². The van der Waals surface area contributed by atoms with E-state index in [2.05, 4.69) is 56.0 Å². The normalized spacial score (nSPS) is 28.2. The maximum atomic E-state index is 6.06. The molecule has 100 valence electrons. The van der Waals surface area contributed by atoms with Gasteiger partial charge in [-0.3, -0.25) is 0 Å². The van der Waals surface area contributed by atoms with Crippen molar-refractivity contribution in [3.8, 4) is 0 Å². The van der Waals surface area contributed by atoms with E-state index in [-0.39, 0.29) is 5.41 Å². The smallest absolute Gasteiger partial charge is 0.0174 e. The number of hydrogen-bond acceptors (Lipinski definition) is 2. The largest absolute Gasteiger partial charge is 0.330 e. The molecule has 0 saturated carbocycles. The third-order valence-electron chi connectivity index (χ3n) is 4.56. The minimum Gasteiger partial charge on any atom is -0.330 e. The lowest BCUT2D eigenvalue weighted by molar-refractivity contribution is 0.251. The molecule has 3 unspecified atom stereocenters. The summed E-state index contributed by atoms with van der Waals surface area (Å²) < 4.78 is 0. The Labute approximate surface area is 111 Å². The monoisotopic (exact) mass is 246 g/mol. The second-order valence-electron chi connectivity index (χ2n) is 6.28. The van der Waals surface area contributed by atoms with Gasteiger partial charge in [0.15, 0.2) is 0 Å². The van der Waals surface area contributed by atoms with Crippen LogP contribution in [0.15, 0.2) is 30.3 Å². The Morgan fingerprint density at radius 2 is 1.72 bits per heavy atom. The molecule has 1 fully saturated rings. The molecule has 1 saturated heterocycles. The Balaban J connectivity index is 2.10. The third-order valence-corrected chi connectivity index (χ3v) is 4.56. The van der Waals surface area contributed by atoms with Crippen molar-refractivity contribution in [1.29, 1.82) is 0 Å². The molecule has 0 amide bonds. The van der Waals surface area contributed by atoms with Gasteiger partial charge in [-0.2, -0.15) is 0 Å². The van der Waals surface area contributed by atoms with E-state index in [0.717, 1.165) is 18.4 Å². The lowest BCUT2D eigenvalue weighted by Gasteiger charge is -2.33. The van der Waals surface area contributed by atoms with Crippen LogP contribution in [0.1, 0.15) is 26.3 Å². The number of nitrogens with zero attached hydrogens (tertiary/aromatic N) is 1. The van der Waals surface area contributed by atoms with Crippen LogP contribution in [0.25, 0.3) is 0 Å². The lowest BCUT2D eigenvalue weighted by atomic mass is 9.82. The summed E-state index contributed by atoms with van der Waals surface area (Å²) in [6, 6.07) is 10.7. The van der Waals surface area contributed by atoms with Gasteiger partial charge in [-0.15, -0.1) is 0 Å². The molecule has 1 aliphatic rings. The van der Waals surface area contributed by atoms with E-state index in [1.807, 2.05) is 0 Å². The molecule has 1 heterocycles. The summed E-state index contributed by atoms with van der Waals surface area (Å²) in [4.78, 5) is 2.58. The third kappa shape index (κ3) is 2.76. The number of benzene rings is 1. The van der Waals surface area contributed by atoms with E-state index in [9.17, 15) is 0 Å². The number of hydrogen-bond donors (Lipinski definition) is 1. The van der Waals surface area contributed by atoms with E-state index >= 15 is 0 Å². The van der Waals surface area contributed by atoms with Gasteiger partial charge < -0.3 is 10.6 Å². The Hall–Kier alpha value is -0.860. The molecule has 0 radical (unpaired) electrons. The first-order chi connectivity index (χ1) is 8.55. The van der Waals surface area contributed by atoms with Crippen LogP contribution in [0.5, 0.6) is 0 Å². The van der Waals surface area contributed by atoms with Crippen molar-refractivity contribution >= 4 is 0 Å². The molecule has 2 nitrogen and oxygen atoms in total. The summed E-state index contributed by atoms with van der Waals surface area (Å²) >= 11 is 0. The van der Waals surface area contributed by atoms with Crippen molar-refractivity contribution in [2.75, 3.05) is 26.2 Å². The Morgan fingerprint density at radius 3 is 2.22 bits per heavy atom. The summed E-state index contributed by atoms with van der Waals surface area (Å²) in [6.45, 7) is 11.2. The van der Waals surface area contributed by atoms with E-state index in [4.69, 9.17) is 5.73 Å². The minimum atomic E-state index is 0.0744. The number of nitrogens with two attached hydrogens (primary N) is 1.